The number of likely N-dealkylation sites (tertiary alicyclic amines) is 2. The molecule has 0 spiro atoms. The molecule has 2 aliphatic heterocycles. The van der Waals surface area contributed by atoms with Crippen LogP contribution in [0.15, 0.2) is 18.2 Å². The zero-order valence-electron chi connectivity index (χ0n) is 25.0. The topological polar surface area (TPSA) is 134 Å². The molecule has 0 bridgehead atoms. The minimum Gasteiger partial charge on any atom is -0.497 e. The fraction of sp³-hybridized carbons (Fsp3) is 0.633. The molecule has 3 aliphatic rings. The number of carbonyl (C=O) groups is 5. The van der Waals surface area contributed by atoms with Gasteiger partial charge < -0.3 is 29.9 Å². The number of carbonyl (C=O) groups excluding carboxylic acids is 5. The summed E-state index contributed by atoms with van der Waals surface area (Å²) in [6, 6.07) is 2.44. The number of nitrogens with one attached hydrogen (secondary N) is 2. The maximum Gasteiger partial charge on any atom is 0.328 e. The van der Waals surface area contributed by atoms with Crippen LogP contribution in [0.5, 0.6) is 5.75 Å². The molecule has 4 amide bonds. The summed E-state index contributed by atoms with van der Waals surface area (Å²) in [6.07, 6.45) is 2.38. The molecule has 2 saturated heterocycles. The standard InChI is InChI=1S/C30H42N4O7/c1-16(26(36)32-17(2)29(39)41-30(4,5)6)31-27(37)23-9-8-12-33(23)28(38)24-15-20-13-19-14-21(40-7)10-11-22(19)25(20)34(24)18(3)35/h10-11,14,16-17,20,23-25H,8-9,12-13,15H2,1-7H3,(H,31,37)(H,32,36)/t16-,17-,20+,23-,24-,25-/m0/s1. The lowest BCUT2D eigenvalue weighted by Gasteiger charge is -2.33. The fourth-order valence-corrected chi connectivity index (χ4v) is 6.30. The van der Waals surface area contributed by atoms with E-state index in [-0.39, 0.29) is 23.8 Å². The molecular formula is C30H42N4O7. The average molecular weight is 571 g/mol. The van der Waals surface area contributed by atoms with E-state index in [0.29, 0.717) is 25.8 Å². The molecule has 2 fully saturated rings. The minimum absolute atomic E-state index is 0.112. The lowest BCUT2D eigenvalue weighted by atomic mass is 9.99. The Kier molecular flexibility index (Phi) is 8.65. The second-order valence-electron chi connectivity index (χ2n) is 12.3. The van der Waals surface area contributed by atoms with Crippen molar-refractivity contribution >= 4 is 29.6 Å². The normalized spacial score (nSPS) is 24.7. The molecule has 0 saturated carbocycles. The highest BCUT2D eigenvalue weighted by Gasteiger charge is 2.52. The Bertz CT molecular complexity index is 1230. The van der Waals surface area contributed by atoms with E-state index >= 15 is 0 Å². The van der Waals surface area contributed by atoms with E-state index in [1.165, 1.54) is 20.8 Å². The van der Waals surface area contributed by atoms with Crippen LogP contribution in [0.1, 0.15) is 78.0 Å². The maximum atomic E-state index is 13.9. The SMILES string of the molecule is COc1ccc2c(c1)C[C@@H]1C[C@@H](C(=O)N3CCC[C@H]3C(=O)N[C@@H](C)C(=O)N[C@@H](C)C(=O)OC(C)(C)C)N(C(C)=O)[C@H]21. The number of fused-ring (bicyclic) bond motifs is 3. The van der Waals surface area contributed by atoms with E-state index in [0.717, 1.165) is 23.3 Å². The van der Waals surface area contributed by atoms with Gasteiger partial charge in [0.1, 0.15) is 35.5 Å². The van der Waals surface area contributed by atoms with Crippen molar-refractivity contribution in [2.75, 3.05) is 13.7 Å². The number of methoxy groups -OCH3 is 1. The van der Waals surface area contributed by atoms with Gasteiger partial charge in [0.2, 0.25) is 23.6 Å². The molecule has 1 aliphatic carbocycles. The molecule has 2 N–H and O–H groups in total. The number of rotatable bonds is 7. The molecule has 11 heteroatoms. The van der Waals surface area contributed by atoms with Gasteiger partial charge in [-0.2, -0.15) is 0 Å². The van der Waals surface area contributed by atoms with Gasteiger partial charge in [0, 0.05) is 13.5 Å². The Morgan fingerprint density at radius 1 is 1.02 bits per heavy atom. The molecule has 224 valence electrons. The monoisotopic (exact) mass is 570 g/mol. The van der Waals surface area contributed by atoms with Gasteiger partial charge in [-0.1, -0.05) is 6.07 Å². The van der Waals surface area contributed by atoms with E-state index in [2.05, 4.69) is 10.6 Å². The lowest BCUT2D eigenvalue weighted by molar-refractivity contribution is -0.158. The van der Waals surface area contributed by atoms with Crippen LogP contribution in [0.2, 0.25) is 0 Å². The first kappa shape index (κ1) is 30.3. The van der Waals surface area contributed by atoms with Crippen LogP contribution in [-0.4, -0.2) is 82.8 Å². The van der Waals surface area contributed by atoms with E-state index in [4.69, 9.17) is 9.47 Å². The van der Waals surface area contributed by atoms with Crippen LogP contribution in [0.25, 0.3) is 0 Å². The van der Waals surface area contributed by atoms with Gasteiger partial charge >= 0.3 is 5.97 Å². The summed E-state index contributed by atoms with van der Waals surface area (Å²) in [6.45, 7) is 10.1. The van der Waals surface area contributed by atoms with Crippen LogP contribution in [-0.2, 0) is 35.1 Å². The molecule has 0 aromatic heterocycles. The van der Waals surface area contributed by atoms with Crippen molar-refractivity contribution in [3.05, 3.63) is 29.3 Å². The summed E-state index contributed by atoms with van der Waals surface area (Å²) in [5, 5.41) is 5.27. The number of nitrogens with zero attached hydrogens (tertiary/aromatic N) is 2. The molecule has 41 heavy (non-hydrogen) atoms. The quantitative estimate of drug-likeness (QED) is 0.478. The Hall–Kier alpha value is -3.63. The molecule has 1 aromatic carbocycles. The van der Waals surface area contributed by atoms with Crippen LogP contribution in [0, 0.1) is 5.92 Å². The van der Waals surface area contributed by atoms with E-state index < -0.39 is 47.6 Å². The molecule has 2 heterocycles. The number of ether oxygens (including phenoxy) is 2. The first-order chi connectivity index (χ1) is 19.2. The second-order valence-corrected chi connectivity index (χ2v) is 12.3. The third-order valence-corrected chi connectivity index (χ3v) is 8.12. The average Bonchev–Trinajstić information content (AvgIpc) is 3.60. The highest BCUT2D eigenvalue weighted by atomic mass is 16.6. The van der Waals surface area contributed by atoms with E-state index in [1.54, 1.807) is 37.7 Å². The number of amides is 4. The molecule has 0 unspecified atom stereocenters. The Balaban J connectivity index is 1.41. The Labute approximate surface area is 241 Å². The highest BCUT2D eigenvalue weighted by molar-refractivity contribution is 5.95. The van der Waals surface area contributed by atoms with Crippen molar-refractivity contribution in [1.82, 2.24) is 20.4 Å². The molecule has 4 rings (SSSR count). The summed E-state index contributed by atoms with van der Waals surface area (Å²) in [5.41, 5.74) is 1.47. The second kappa shape index (κ2) is 11.7. The Morgan fingerprint density at radius 3 is 2.37 bits per heavy atom. The largest absolute Gasteiger partial charge is 0.497 e. The van der Waals surface area contributed by atoms with Crippen molar-refractivity contribution < 1.29 is 33.4 Å². The summed E-state index contributed by atoms with van der Waals surface area (Å²) >= 11 is 0. The first-order valence-electron chi connectivity index (χ1n) is 14.3. The third-order valence-electron chi connectivity index (χ3n) is 8.12. The zero-order valence-corrected chi connectivity index (χ0v) is 25.0. The van der Waals surface area contributed by atoms with E-state index in [1.807, 2.05) is 18.2 Å². The summed E-state index contributed by atoms with van der Waals surface area (Å²) in [7, 11) is 1.62. The van der Waals surface area contributed by atoms with Gasteiger partial charge in [-0.05, 0) is 89.5 Å². The molecule has 11 nitrogen and oxygen atoms in total. The maximum absolute atomic E-state index is 13.9. The van der Waals surface area contributed by atoms with Gasteiger partial charge in [0.25, 0.3) is 0 Å². The van der Waals surface area contributed by atoms with Crippen molar-refractivity contribution in [1.29, 1.82) is 0 Å². The predicted octanol–water partition coefficient (Wildman–Crippen LogP) is 1.87. The Morgan fingerprint density at radius 2 is 1.73 bits per heavy atom. The number of esters is 1. The smallest absolute Gasteiger partial charge is 0.328 e. The minimum atomic E-state index is -0.932. The van der Waals surface area contributed by atoms with Crippen molar-refractivity contribution in [2.45, 2.75) is 103 Å². The van der Waals surface area contributed by atoms with Crippen molar-refractivity contribution in [2.24, 2.45) is 5.92 Å². The van der Waals surface area contributed by atoms with E-state index in [9.17, 15) is 24.0 Å². The predicted molar refractivity (Wildman–Crippen MR) is 150 cm³/mol. The molecule has 0 radical (unpaired) electrons. The van der Waals surface area contributed by atoms with Crippen molar-refractivity contribution in [3.8, 4) is 5.75 Å². The third kappa shape index (κ3) is 6.33. The van der Waals surface area contributed by atoms with Gasteiger partial charge in [-0.15, -0.1) is 0 Å². The molecular weight excluding hydrogens is 528 g/mol. The van der Waals surface area contributed by atoms with Crippen LogP contribution in [0.3, 0.4) is 0 Å². The summed E-state index contributed by atoms with van der Waals surface area (Å²) in [5.74, 6) is -1.08. The number of hydrogen-bond donors (Lipinski definition) is 2. The first-order valence-corrected chi connectivity index (χ1v) is 14.3. The summed E-state index contributed by atoms with van der Waals surface area (Å²) in [4.78, 5) is 68.2. The van der Waals surface area contributed by atoms with Crippen LogP contribution >= 0.6 is 0 Å². The van der Waals surface area contributed by atoms with Gasteiger partial charge in [-0.3, -0.25) is 19.2 Å². The molecule has 1 aromatic rings. The molecule has 6 atom stereocenters. The van der Waals surface area contributed by atoms with Gasteiger partial charge in [0.15, 0.2) is 0 Å². The van der Waals surface area contributed by atoms with Gasteiger partial charge in [-0.25, -0.2) is 4.79 Å². The van der Waals surface area contributed by atoms with Crippen LogP contribution in [0.4, 0.5) is 0 Å². The number of benzene rings is 1. The van der Waals surface area contributed by atoms with Crippen LogP contribution < -0.4 is 15.4 Å². The number of hydrogen-bond acceptors (Lipinski definition) is 7. The zero-order chi connectivity index (χ0) is 30.2. The lowest BCUT2D eigenvalue weighted by Crippen LogP contribution is -2.56. The fourth-order valence-electron chi connectivity index (χ4n) is 6.30. The summed E-state index contributed by atoms with van der Waals surface area (Å²) < 4.78 is 10.7. The van der Waals surface area contributed by atoms with Gasteiger partial charge in [0.05, 0.1) is 13.2 Å². The highest BCUT2D eigenvalue weighted by Crippen LogP contribution is 2.50. The van der Waals surface area contributed by atoms with Crippen molar-refractivity contribution in [3.63, 3.8) is 0 Å².